The van der Waals surface area contributed by atoms with Gasteiger partial charge in [0.25, 0.3) is 5.91 Å². The van der Waals surface area contributed by atoms with Crippen LogP contribution in [0.25, 0.3) is 11.3 Å². The van der Waals surface area contributed by atoms with Gasteiger partial charge in [-0.1, -0.05) is 0 Å². The standard InChI is InChI=1S/C21H28N4O3/c1-21(2,3)25-12-4-5-16(13-25)24-20(27)23-15-8-6-14(7-9-15)17-10-11-18(28-17)19(22)26/h6-11,16H,4-5,12-13H2,1-3H3,(H2,22,26)(H2,23,24,27). The molecule has 7 heteroatoms. The fourth-order valence-corrected chi connectivity index (χ4v) is 3.40. The molecule has 150 valence electrons. The molecule has 1 aromatic heterocycles. The summed E-state index contributed by atoms with van der Waals surface area (Å²) in [5, 5.41) is 5.94. The van der Waals surface area contributed by atoms with Crippen molar-refractivity contribution in [3.8, 4) is 11.3 Å². The predicted octanol–water partition coefficient (Wildman–Crippen LogP) is 3.43. The Kier molecular flexibility index (Phi) is 5.74. The number of primary amides is 1. The Morgan fingerprint density at radius 1 is 1.14 bits per heavy atom. The molecule has 1 aliphatic heterocycles. The van der Waals surface area contributed by atoms with E-state index in [2.05, 4.69) is 36.3 Å². The van der Waals surface area contributed by atoms with Crippen molar-refractivity contribution in [3.63, 3.8) is 0 Å². The minimum Gasteiger partial charge on any atom is -0.451 e. The Morgan fingerprint density at radius 2 is 1.86 bits per heavy atom. The number of nitrogens with zero attached hydrogens (tertiary/aromatic N) is 1. The van der Waals surface area contributed by atoms with Gasteiger partial charge in [-0.15, -0.1) is 0 Å². The van der Waals surface area contributed by atoms with Crippen molar-refractivity contribution in [2.45, 2.75) is 45.2 Å². The second-order valence-corrected chi connectivity index (χ2v) is 8.16. The Morgan fingerprint density at radius 3 is 2.46 bits per heavy atom. The number of carbonyl (C=O) groups is 2. The largest absolute Gasteiger partial charge is 0.451 e. The number of likely N-dealkylation sites (tertiary alicyclic amines) is 1. The van der Waals surface area contributed by atoms with E-state index < -0.39 is 5.91 Å². The molecule has 2 aromatic rings. The van der Waals surface area contributed by atoms with Crippen LogP contribution in [0.4, 0.5) is 10.5 Å². The first kappa shape index (κ1) is 19.9. The molecule has 1 atom stereocenters. The average Bonchev–Trinajstić information content (AvgIpc) is 3.12. The first-order valence-corrected chi connectivity index (χ1v) is 9.55. The zero-order valence-electron chi connectivity index (χ0n) is 16.6. The van der Waals surface area contributed by atoms with Crippen molar-refractivity contribution < 1.29 is 14.0 Å². The summed E-state index contributed by atoms with van der Waals surface area (Å²) in [4.78, 5) is 25.9. The number of piperidine rings is 1. The van der Waals surface area contributed by atoms with Gasteiger partial charge in [-0.2, -0.15) is 0 Å². The zero-order valence-corrected chi connectivity index (χ0v) is 16.6. The van der Waals surface area contributed by atoms with E-state index in [0.717, 1.165) is 31.5 Å². The maximum Gasteiger partial charge on any atom is 0.319 e. The topological polar surface area (TPSA) is 101 Å². The summed E-state index contributed by atoms with van der Waals surface area (Å²) in [5.74, 6) is 0.0663. The van der Waals surface area contributed by atoms with Crippen LogP contribution in [0, 0.1) is 0 Å². The SMILES string of the molecule is CC(C)(C)N1CCCC(NC(=O)Nc2ccc(-c3ccc(C(N)=O)o3)cc2)C1. The van der Waals surface area contributed by atoms with Crippen LogP contribution in [0.3, 0.4) is 0 Å². The highest BCUT2D eigenvalue weighted by Crippen LogP contribution is 2.24. The number of nitrogens with one attached hydrogen (secondary N) is 2. The molecule has 1 unspecified atom stereocenters. The van der Waals surface area contributed by atoms with Crippen molar-refractivity contribution in [1.82, 2.24) is 10.2 Å². The quantitative estimate of drug-likeness (QED) is 0.752. The number of urea groups is 1. The van der Waals surface area contributed by atoms with Gasteiger partial charge in [0, 0.05) is 29.4 Å². The van der Waals surface area contributed by atoms with E-state index in [1.54, 1.807) is 24.3 Å². The lowest BCUT2D eigenvalue weighted by atomic mass is 9.98. The van der Waals surface area contributed by atoms with Crippen LogP contribution in [0.1, 0.15) is 44.2 Å². The van der Waals surface area contributed by atoms with Crippen LogP contribution < -0.4 is 16.4 Å². The van der Waals surface area contributed by atoms with Crippen LogP contribution in [0.5, 0.6) is 0 Å². The van der Waals surface area contributed by atoms with Crippen molar-refractivity contribution >= 4 is 17.6 Å². The van der Waals surface area contributed by atoms with E-state index in [1.165, 1.54) is 0 Å². The molecule has 1 aromatic carbocycles. The highest BCUT2D eigenvalue weighted by Gasteiger charge is 2.28. The van der Waals surface area contributed by atoms with Crippen molar-refractivity contribution in [2.24, 2.45) is 5.73 Å². The molecule has 0 aliphatic carbocycles. The molecule has 3 rings (SSSR count). The number of nitrogens with two attached hydrogens (primary N) is 1. The summed E-state index contributed by atoms with van der Waals surface area (Å²) in [5.41, 5.74) is 6.79. The van der Waals surface area contributed by atoms with Crippen molar-refractivity contribution in [3.05, 3.63) is 42.2 Å². The van der Waals surface area contributed by atoms with E-state index in [-0.39, 0.29) is 23.4 Å². The number of amides is 3. The van der Waals surface area contributed by atoms with Crippen LogP contribution >= 0.6 is 0 Å². The summed E-state index contributed by atoms with van der Waals surface area (Å²) >= 11 is 0. The van der Waals surface area contributed by atoms with E-state index in [9.17, 15) is 9.59 Å². The van der Waals surface area contributed by atoms with Gasteiger partial charge in [-0.05, 0) is 76.6 Å². The molecular formula is C21H28N4O3. The summed E-state index contributed by atoms with van der Waals surface area (Å²) in [6.07, 6.45) is 2.06. The Balaban J connectivity index is 1.56. The third-order valence-electron chi connectivity index (χ3n) is 4.98. The van der Waals surface area contributed by atoms with Crippen molar-refractivity contribution in [2.75, 3.05) is 18.4 Å². The molecule has 0 saturated carbocycles. The number of rotatable bonds is 4. The van der Waals surface area contributed by atoms with Gasteiger partial charge in [0.1, 0.15) is 5.76 Å². The van der Waals surface area contributed by atoms with Gasteiger partial charge in [-0.25, -0.2) is 4.79 Å². The summed E-state index contributed by atoms with van der Waals surface area (Å²) < 4.78 is 5.41. The average molecular weight is 384 g/mol. The van der Waals surface area contributed by atoms with Crippen molar-refractivity contribution in [1.29, 1.82) is 0 Å². The number of anilines is 1. The fraction of sp³-hybridized carbons (Fsp3) is 0.429. The lowest BCUT2D eigenvalue weighted by Crippen LogP contribution is -2.54. The molecular weight excluding hydrogens is 356 g/mol. The molecule has 28 heavy (non-hydrogen) atoms. The predicted molar refractivity (Wildman–Crippen MR) is 109 cm³/mol. The summed E-state index contributed by atoms with van der Waals surface area (Å²) in [6.45, 7) is 8.51. The van der Waals surface area contributed by atoms with Gasteiger partial charge >= 0.3 is 6.03 Å². The molecule has 4 N–H and O–H groups in total. The number of furan rings is 1. The lowest BCUT2D eigenvalue weighted by Gasteiger charge is -2.41. The maximum atomic E-state index is 12.4. The molecule has 0 spiro atoms. The van der Waals surface area contributed by atoms with E-state index >= 15 is 0 Å². The number of carbonyl (C=O) groups excluding carboxylic acids is 2. The minimum atomic E-state index is -0.603. The second kappa shape index (κ2) is 8.06. The molecule has 1 aliphatic rings. The molecule has 2 heterocycles. The van der Waals surface area contributed by atoms with Gasteiger partial charge < -0.3 is 20.8 Å². The number of hydrogen-bond acceptors (Lipinski definition) is 4. The lowest BCUT2D eigenvalue weighted by molar-refractivity contribution is 0.0932. The maximum absolute atomic E-state index is 12.4. The molecule has 0 radical (unpaired) electrons. The van der Waals surface area contributed by atoms with Crippen LogP contribution in [0.2, 0.25) is 0 Å². The van der Waals surface area contributed by atoms with E-state index in [4.69, 9.17) is 10.2 Å². The minimum absolute atomic E-state index is 0.104. The Labute approximate surface area is 165 Å². The fourth-order valence-electron chi connectivity index (χ4n) is 3.40. The molecule has 0 bridgehead atoms. The number of hydrogen-bond donors (Lipinski definition) is 3. The first-order chi connectivity index (χ1) is 13.2. The summed E-state index contributed by atoms with van der Waals surface area (Å²) in [6, 6.07) is 10.4. The smallest absolute Gasteiger partial charge is 0.319 e. The zero-order chi connectivity index (χ0) is 20.3. The molecule has 1 fully saturated rings. The molecule has 3 amide bonds. The van der Waals surface area contributed by atoms with Gasteiger partial charge in [0.15, 0.2) is 5.76 Å². The van der Waals surface area contributed by atoms with Crippen LogP contribution in [-0.4, -0.2) is 41.5 Å². The third kappa shape index (κ3) is 4.92. The highest BCUT2D eigenvalue weighted by molar-refractivity contribution is 5.91. The van der Waals surface area contributed by atoms with Gasteiger partial charge in [-0.3, -0.25) is 9.69 Å². The molecule has 7 nitrogen and oxygen atoms in total. The normalized spacial score (nSPS) is 17.9. The second-order valence-electron chi connectivity index (χ2n) is 8.16. The Hall–Kier alpha value is -2.80. The number of benzene rings is 1. The van der Waals surface area contributed by atoms with Gasteiger partial charge in [0.05, 0.1) is 0 Å². The highest BCUT2D eigenvalue weighted by atomic mass is 16.3. The monoisotopic (exact) mass is 384 g/mol. The molecule has 1 saturated heterocycles. The Bertz CT molecular complexity index is 836. The van der Waals surface area contributed by atoms with Gasteiger partial charge in [0.2, 0.25) is 0 Å². The first-order valence-electron chi connectivity index (χ1n) is 9.55. The van der Waals surface area contributed by atoms with E-state index in [0.29, 0.717) is 11.4 Å². The van der Waals surface area contributed by atoms with Crippen LogP contribution in [0.15, 0.2) is 40.8 Å². The summed E-state index contributed by atoms with van der Waals surface area (Å²) in [7, 11) is 0. The van der Waals surface area contributed by atoms with Crippen LogP contribution in [-0.2, 0) is 0 Å². The van der Waals surface area contributed by atoms with E-state index in [1.807, 2.05) is 12.1 Å². The third-order valence-corrected chi connectivity index (χ3v) is 4.98.